The fourth-order valence-corrected chi connectivity index (χ4v) is 4.99. The van der Waals surface area contributed by atoms with Crippen molar-refractivity contribution in [3.63, 3.8) is 0 Å². The van der Waals surface area contributed by atoms with Crippen LogP contribution in [0, 0.1) is 5.92 Å². The zero-order valence-electron chi connectivity index (χ0n) is 21.6. The molecule has 0 radical (unpaired) electrons. The van der Waals surface area contributed by atoms with Crippen LogP contribution in [-0.4, -0.2) is 61.2 Å². The van der Waals surface area contributed by atoms with Gasteiger partial charge in [0.05, 0.1) is 5.70 Å². The van der Waals surface area contributed by atoms with Crippen molar-refractivity contribution in [2.24, 2.45) is 21.6 Å². The standard InChI is InChI=1S/C28H42N6/c1-7-19(2)25-18-32-16-13-24(25)28(29)33-20(3)27(26(17-30-5)22-9-8-10-22)21(4)34(6)23-11-14-31-15-12-23/h7,13,16-18,21-23,31H,3,8-12,14-15H2,1-2,4-6H3,(H2,29,33)/b19-7+,27-26-,30-17?. The molecule has 0 spiro atoms. The van der Waals surface area contributed by atoms with Crippen LogP contribution in [0.1, 0.15) is 64.0 Å². The molecular weight excluding hydrogens is 420 g/mol. The predicted molar refractivity (Wildman–Crippen MR) is 145 cm³/mol. The van der Waals surface area contributed by atoms with Crippen LogP contribution in [0.2, 0.25) is 0 Å². The molecule has 1 aromatic rings. The lowest BCUT2D eigenvalue weighted by atomic mass is 9.76. The Hall–Kier alpha value is -2.57. The van der Waals surface area contributed by atoms with E-state index in [1.807, 2.05) is 32.4 Å². The van der Waals surface area contributed by atoms with Crippen molar-refractivity contribution < 1.29 is 0 Å². The summed E-state index contributed by atoms with van der Waals surface area (Å²) in [4.78, 5) is 16.1. The van der Waals surface area contributed by atoms with Gasteiger partial charge in [-0.05, 0) is 95.3 Å². The Bertz CT molecular complexity index is 976. The summed E-state index contributed by atoms with van der Waals surface area (Å²) >= 11 is 0. The molecule has 0 amide bonds. The average Bonchev–Trinajstić information content (AvgIpc) is 2.82. The average molecular weight is 463 g/mol. The molecule has 1 aromatic heterocycles. The first kappa shape index (κ1) is 26.0. The topological polar surface area (TPSA) is 78.9 Å². The number of hydrogen-bond donors (Lipinski definition) is 2. The lowest BCUT2D eigenvalue weighted by Crippen LogP contribution is -2.46. The lowest BCUT2D eigenvalue weighted by Gasteiger charge is -2.39. The first-order valence-corrected chi connectivity index (χ1v) is 12.6. The highest BCUT2D eigenvalue weighted by atomic mass is 15.2. The number of pyridine rings is 1. The summed E-state index contributed by atoms with van der Waals surface area (Å²) in [6.45, 7) is 12.9. The van der Waals surface area contributed by atoms with Gasteiger partial charge in [0.15, 0.2) is 0 Å². The maximum atomic E-state index is 6.60. The Morgan fingerprint density at radius 1 is 1.26 bits per heavy atom. The number of likely N-dealkylation sites (N-methyl/N-ethyl adjacent to an activating group) is 1. The number of nitrogens with zero attached hydrogens (tertiary/aromatic N) is 4. The summed E-state index contributed by atoms with van der Waals surface area (Å²) < 4.78 is 0. The third-order valence-corrected chi connectivity index (χ3v) is 7.56. The summed E-state index contributed by atoms with van der Waals surface area (Å²) in [5.41, 5.74) is 12.8. The van der Waals surface area contributed by atoms with E-state index in [1.54, 1.807) is 6.20 Å². The van der Waals surface area contributed by atoms with Gasteiger partial charge in [-0.1, -0.05) is 19.1 Å². The number of hydrogen-bond acceptors (Lipinski definition) is 5. The first-order valence-electron chi connectivity index (χ1n) is 12.6. The van der Waals surface area contributed by atoms with Gasteiger partial charge in [-0.15, -0.1) is 0 Å². The molecule has 1 aliphatic carbocycles. The second-order valence-electron chi connectivity index (χ2n) is 9.54. The molecule has 3 rings (SSSR count). The Labute approximate surface area is 205 Å². The second-order valence-corrected chi connectivity index (χ2v) is 9.54. The van der Waals surface area contributed by atoms with Crippen LogP contribution >= 0.6 is 0 Å². The van der Waals surface area contributed by atoms with Gasteiger partial charge in [0.25, 0.3) is 0 Å². The fraction of sp³-hybridized carbons (Fsp3) is 0.536. The van der Waals surface area contributed by atoms with Crippen LogP contribution < -0.4 is 11.1 Å². The van der Waals surface area contributed by atoms with E-state index >= 15 is 0 Å². The van der Waals surface area contributed by atoms with Gasteiger partial charge in [0, 0.05) is 48.9 Å². The molecule has 1 aliphatic heterocycles. The largest absolute Gasteiger partial charge is 0.383 e. The summed E-state index contributed by atoms with van der Waals surface area (Å²) in [5, 5.41) is 3.48. The van der Waals surface area contributed by atoms with Gasteiger partial charge in [0.1, 0.15) is 5.84 Å². The van der Waals surface area contributed by atoms with E-state index in [4.69, 9.17) is 10.7 Å². The molecule has 0 bridgehead atoms. The molecule has 184 valence electrons. The highest BCUT2D eigenvalue weighted by molar-refractivity contribution is 6.02. The van der Waals surface area contributed by atoms with Gasteiger partial charge < -0.3 is 11.1 Å². The molecule has 34 heavy (non-hydrogen) atoms. The Morgan fingerprint density at radius 3 is 2.56 bits per heavy atom. The molecule has 1 unspecified atom stereocenters. The molecule has 1 atom stereocenters. The van der Waals surface area contributed by atoms with Crippen LogP contribution in [0.5, 0.6) is 0 Å². The molecule has 3 N–H and O–H groups in total. The minimum Gasteiger partial charge on any atom is -0.383 e. The molecule has 1 saturated heterocycles. The molecule has 2 fully saturated rings. The van der Waals surface area contributed by atoms with E-state index in [2.05, 4.69) is 53.7 Å². The SMILES string of the molecule is C=C(N=C(N)c1ccncc1/C(C)=C/C)/C(=C(\C=NC)C1CCC1)C(C)N(C)C1CCNCC1. The molecule has 2 aliphatic rings. The van der Waals surface area contributed by atoms with Crippen molar-refractivity contribution in [1.82, 2.24) is 15.2 Å². The van der Waals surface area contributed by atoms with E-state index in [-0.39, 0.29) is 6.04 Å². The third kappa shape index (κ3) is 5.91. The van der Waals surface area contributed by atoms with Crippen molar-refractivity contribution in [2.75, 3.05) is 27.2 Å². The van der Waals surface area contributed by atoms with Gasteiger partial charge in [0.2, 0.25) is 0 Å². The maximum Gasteiger partial charge on any atom is 0.132 e. The van der Waals surface area contributed by atoms with Crippen LogP contribution in [-0.2, 0) is 0 Å². The minimum atomic E-state index is 0.162. The van der Waals surface area contributed by atoms with E-state index in [9.17, 15) is 0 Å². The molecule has 0 aromatic carbocycles. The summed E-state index contributed by atoms with van der Waals surface area (Å²) in [6, 6.07) is 2.63. The van der Waals surface area contributed by atoms with Gasteiger partial charge in [-0.2, -0.15) is 0 Å². The third-order valence-electron chi connectivity index (χ3n) is 7.56. The number of aliphatic imine (C=N–C) groups is 2. The Balaban J connectivity index is 2.03. The van der Waals surface area contributed by atoms with E-state index in [0.717, 1.165) is 53.9 Å². The van der Waals surface area contributed by atoms with Gasteiger partial charge in [-0.25, -0.2) is 4.99 Å². The van der Waals surface area contributed by atoms with Crippen molar-refractivity contribution in [1.29, 1.82) is 0 Å². The zero-order chi connectivity index (χ0) is 24.7. The summed E-state index contributed by atoms with van der Waals surface area (Å²) in [5.74, 6) is 0.983. The van der Waals surface area contributed by atoms with E-state index < -0.39 is 0 Å². The molecule has 2 heterocycles. The molecular formula is C28H42N6. The molecule has 1 saturated carbocycles. The van der Waals surface area contributed by atoms with Crippen LogP contribution in [0.4, 0.5) is 0 Å². The summed E-state index contributed by atoms with van der Waals surface area (Å²) in [6.07, 6.45) is 13.7. The van der Waals surface area contributed by atoms with Crippen molar-refractivity contribution in [2.45, 2.75) is 65.0 Å². The first-order chi connectivity index (χ1) is 16.4. The maximum absolute atomic E-state index is 6.60. The number of nitrogens with two attached hydrogens (primary N) is 1. The quantitative estimate of drug-likeness (QED) is 0.319. The van der Waals surface area contributed by atoms with E-state index in [1.165, 1.54) is 24.8 Å². The predicted octanol–water partition coefficient (Wildman–Crippen LogP) is 4.59. The second kappa shape index (κ2) is 12.2. The molecule has 6 nitrogen and oxygen atoms in total. The van der Waals surface area contributed by atoms with Crippen LogP contribution in [0.15, 0.2) is 57.9 Å². The molecule has 6 heteroatoms. The fourth-order valence-electron chi connectivity index (χ4n) is 4.99. The van der Waals surface area contributed by atoms with Gasteiger partial charge >= 0.3 is 0 Å². The normalized spacial score (nSPS) is 20.4. The lowest BCUT2D eigenvalue weighted by molar-refractivity contribution is 0.169. The number of allylic oxidation sites excluding steroid dienone is 3. The van der Waals surface area contributed by atoms with Crippen LogP contribution in [0.3, 0.4) is 0 Å². The minimum absolute atomic E-state index is 0.162. The Morgan fingerprint density at radius 2 is 1.97 bits per heavy atom. The number of aromatic nitrogens is 1. The number of rotatable bonds is 9. The number of piperidine rings is 1. The smallest absolute Gasteiger partial charge is 0.132 e. The van der Waals surface area contributed by atoms with Crippen molar-refractivity contribution >= 4 is 17.6 Å². The zero-order valence-corrected chi connectivity index (χ0v) is 21.6. The Kier molecular flexibility index (Phi) is 9.36. The van der Waals surface area contributed by atoms with Gasteiger partial charge in [-0.3, -0.25) is 14.9 Å². The highest BCUT2D eigenvalue weighted by Gasteiger charge is 2.31. The van der Waals surface area contributed by atoms with Crippen molar-refractivity contribution in [3.8, 4) is 0 Å². The monoisotopic (exact) mass is 462 g/mol. The van der Waals surface area contributed by atoms with Crippen LogP contribution in [0.25, 0.3) is 5.57 Å². The highest BCUT2D eigenvalue weighted by Crippen LogP contribution is 2.37. The van der Waals surface area contributed by atoms with E-state index in [0.29, 0.717) is 17.8 Å². The number of nitrogens with one attached hydrogen (secondary N) is 1. The van der Waals surface area contributed by atoms with Crippen molar-refractivity contribution in [3.05, 3.63) is 59.1 Å². The number of amidine groups is 1. The summed E-state index contributed by atoms with van der Waals surface area (Å²) in [7, 11) is 4.08.